The van der Waals surface area contributed by atoms with Crippen LogP contribution >= 0.6 is 11.6 Å². The number of nitrogens with one attached hydrogen (secondary N) is 1. The predicted molar refractivity (Wildman–Crippen MR) is 123 cm³/mol. The number of amides is 1. The zero-order valence-electron chi connectivity index (χ0n) is 16.9. The topological polar surface area (TPSA) is 68.5 Å². The van der Waals surface area contributed by atoms with Crippen LogP contribution in [-0.4, -0.2) is 12.5 Å². The molecule has 3 aromatic carbocycles. The highest BCUT2D eigenvalue weighted by Crippen LogP contribution is 2.26. The highest BCUT2D eigenvalue weighted by Gasteiger charge is 2.10. The maximum atomic E-state index is 12.7. The molecular weight excluding hydrogens is 414 g/mol. The summed E-state index contributed by atoms with van der Waals surface area (Å²) in [6, 6.07) is 20.9. The van der Waals surface area contributed by atoms with Gasteiger partial charge >= 0.3 is 0 Å². The van der Waals surface area contributed by atoms with Gasteiger partial charge in [-0.15, -0.1) is 0 Å². The quantitative estimate of drug-likeness (QED) is 0.424. The van der Waals surface area contributed by atoms with Gasteiger partial charge in [-0.05, 0) is 67.1 Å². The Morgan fingerprint density at radius 3 is 2.45 bits per heavy atom. The van der Waals surface area contributed by atoms with E-state index in [4.69, 9.17) is 20.8 Å². The van der Waals surface area contributed by atoms with Crippen molar-refractivity contribution in [3.05, 3.63) is 93.6 Å². The van der Waals surface area contributed by atoms with Crippen LogP contribution in [0.3, 0.4) is 0 Å². The van der Waals surface area contributed by atoms with Crippen LogP contribution < -0.4 is 15.5 Å². The van der Waals surface area contributed by atoms with Crippen molar-refractivity contribution in [3.63, 3.8) is 0 Å². The first-order valence-corrected chi connectivity index (χ1v) is 10.2. The summed E-state index contributed by atoms with van der Waals surface area (Å²) in [5.74, 6) is 1.05. The minimum absolute atomic E-state index is 0.182. The first-order chi connectivity index (χ1) is 15.0. The van der Waals surface area contributed by atoms with Crippen LogP contribution in [0.4, 0.5) is 5.69 Å². The summed E-state index contributed by atoms with van der Waals surface area (Å²) in [6.07, 6.45) is 0.209. The van der Waals surface area contributed by atoms with Gasteiger partial charge < -0.3 is 14.5 Å². The summed E-state index contributed by atoms with van der Waals surface area (Å²) in [7, 11) is 0. The lowest BCUT2D eigenvalue weighted by Gasteiger charge is -2.08. The second kappa shape index (κ2) is 9.06. The van der Waals surface area contributed by atoms with Crippen LogP contribution in [0.25, 0.3) is 22.3 Å². The number of fused-ring (bicyclic) bond motifs is 1. The number of hydrogen-bond acceptors (Lipinski definition) is 4. The maximum absolute atomic E-state index is 12.7. The molecule has 0 spiro atoms. The van der Waals surface area contributed by atoms with E-state index in [1.165, 1.54) is 6.07 Å². The molecule has 1 N–H and O–H groups in total. The number of benzene rings is 3. The monoisotopic (exact) mass is 433 g/mol. The third kappa shape index (κ3) is 4.95. The Hall–Kier alpha value is -3.57. The summed E-state index contributed by atoms with van der Waals surface area (Å²) in [6.45, 7) is 2.51. The van der Waals surface area contributed by atoms with Crippen molar-refractivity contribution in [2.75, 3.05) is 11.9 Å². The summed E-state index contributed by atoms with van der Waals surface area (Å²) >= 11 is 5.87. The van der Waals surface area contributed by atoms with Crippen LogP contribution in [0.5, 0.6) is 5.75 Å². The predicted octanol–water partition coefficient (Wildman–Crippen LogP) is 5.69. The van der Waals surface area contributed by atoms with E-state index in [0.717, 1.165) is 16.9 Å². The number of anilines is 1. The molecule has 1 heterocycles. The molecule has 1 amide bonds. The molecule has 0 radical (unpaired) electrons. The molecule has 6 heteroatoms. The van der Waals surface area contributed by atoms with Gasteiger partial charge in [0.15, 0.2) is 5.43 Å². The maximum Gasteiger partial charge on any atom is 0.228 e. The van der Waals surface area contributed by atoms with Crippen LogP contribution in [0.2, 0.25) is 5.02 Å². The minimum Gasteiger partial charge on any atom is -0.494 e. The minimum atomic E-state index is -0.183. The average molecular weight is 434 g/mol. The molecular formula is C25H20ClNO4. The Morgan fingerprint density at radius 2 is 1.74 bits per heavy atom. The summed E-state index contributed by atoms with van der Waals surface area (Å²) < 4.78 is 11.4. The third-order valence-electron chi connectivity index (χ3n) is 4.74. The van der Waals surface area contributed by atoms with Crippen molar-refractivity contribution < 1.29 is 13.9 Å². The molecule has 0 unspecified atom stereocenters. The van der Waals surface area contributed by atoms with Crippen LogP contribution in [0.15, 0.2) is 82.0 Å². The summed E-state index contributed by atoms with van der Waals surface area (Å²) in [5.41, 5.74) is 2.43. The fourth-order valence-electron chi connectivity index (χ4n) is 3.25. The van der Waals surface area contributed by atoms with E-state index in [1.807, 2.05) is 31.2 Å². The second-order valence-electron chi connectivity index (χ2n) is 6.99. The normalized spacial score (nSPS) is 10.8. The van der Waals surface area contributed by atoms with Gasteiger partial charge in [-0.3, -0.25) is 9.59 Å². The highest BCUT2D eigenvalue weighted by atomic mass is 35.5. The Kier molecular flexibility index (Phi) is 6.05. The van der Waals surface area contributed by atoms with Crippen molar-refractivity contribution >= 4 is 34.2 Å². The van der Waals surface area contributed by atoms with E-state index >= 15 is 0 Å². The Bertz CT molecular complexity index is 1280. The Morgan fingerprint density at radius 1 is 1.00 bits per heavy atom. The molecule has 0 bridgehead atoms. The zero-order valence-corrected chi connectivity index (χ0v) is 17.6. The van der Waals surface area contributed by atoms with Gasteiger partial charge in [-0.25, -0.2) is 0 Å². The summed E-state index contributed by atoms with van der Waals surface area (Å²) in [5, 5.41) is 3.84. The van der Waals surface area contributed by atoms with Crippen molar-refractivity contribution in [3.8, 4) is 17.1 Å². The molecule has 0 aliphatic carbocycles. The molecule has 0 aliphatic rings. The first kappa shape index (κ1) is 20.7. The van der Waals surface area contributed by atoms with E-state index in [1.54, 1.807) is 42.5 Å². The number of carbonyl (C=O) groups is 1. The lowest BCUT2D eigenvalue weighted by Crippen LogP contribution is -2.14. The smallest absolute Gasteiger partial charge is 0.228 e. The lowest BCUT2D eigenvalue weighted by molar-refractivity contribution is -0.115. The fourth-order valence-corrected chi connectivity index (χ4v) is 3.38. The van der Waals surface area contributed by atoms with Gasteiger partial charge in [0.05, 0.1) is 18.4 Å². The van der Waals surface area contributed by atoms with Crippen molar-refractivity contribution in [2.24, 2.45) is 0 Å². The van der Waals surface area contributed by atoms with E-state index in [2.05, 4.69) is 5.32 Å². The summed E-state index contributed by atoms with van der Waals surface area (Å²) in [4.78, 5) is 25.0. The van der Waals surface area contributed by atoms with Crippen molar-refractivity contribution in [1.82, 2.24) is 0 Å². The van der Waals surface area contributed by atoms with E-state index < -0.39 is 0 Å². The van der Waals surface area contributed by atoms with Gasteiger partial charge in [-0.2, -0.15) is 0 Å². The third-order valence-corrected chi connectivity index (χ3v) is 4.99. The highest BCUT2D eigenvalue weighted by molar-refractivity contribution is 6.30. The van der Waals surface area contributed by atoms with Gasteiger partial charge in [0.1, 0.15) is 17.1 Å². The van der Waals surface area contributed by atoms with Gasteiger partial charge in [0, 0.05) is 22.3 Å². The van der Waals surface area contributed by atoms with E-state index in [9.17, 15) is 9.59 Å². The molecule has 0 aliphatic heterocycles. The molecule has 0 fully saturated rings. The Labute approximate surface area is 184 Å². The number of ether oxygens (including phenoxy) is 1. The van der Waals surface area contributed by atoms with E-state index in [-0.39, 0.29) is 17.8 Å². The first-order valence-electron chi connectivity index (χ1n) is 9.87. The molecule has 1 aromatic heterocycles. The molecule has 156 valence electrons. The average Bonchev–Trinajstić information content (AvgIpc) is 2.76. The van der Waals surface area contributed by atoms with E-state index in [0.29, 0.717) is 34.0 Å². The van der Waals surface area contributed by atoms with Gasteiger partial charge in [0.2, 0.25) is 5.91 Å². The zero-order chi connectivity index (χ0) is 21.8. The SMILES string of the molecule is CCOc1ccc(-c2cc(=O)c3cc(NC(=O)Cc4ccc(Cl)cc4)ccc3o2)cc1. The lowest BCUT2D eigenvalue weighted by atomic mass is 10.1. The number of rotatable bonds is 6. The van der Waals surface area contributed by atoms with Crippen molar-refractivity contribution in [1.29, 1.82) is 0 Å². The second-order valence-corrected chi connectivity index (χ2v) is 7.43. The number of carbonyl (C=O) groups excluding carboxylic acids is 1. The molecule has 0 atom stereocenters. The molecule has 0 saturated heterocycles. The molecule has 31 heavy (non-hydrogen) atoms. The van der Waals surface area contributed by atoms with Crippen LogP contribution in [-0.2, 0) is 11.2 Å². The van der Waals surface area contributed by atoms with Crippen LogP contribution in [0, 0.1) is 0 Å². The molecule has 0 saturated carbocycles. The van der Waals surface area contributed by atoms with Gasteiger partial charge in [-0.1, -0.05) is 23.7 Å². The number of hydrogen-bond donors (Lipinski definition) is 1. The molecule has 5 nitrogen and oxygen atoms in total. The van der Waals surface area contributed by atoms with Crippen molar-refractivity contribution in [2.45, 2.75) is 13.3 Å². The standard InChI is InChI=1S/C25H20ClNO4/c1-2-30-20-10-5-17(6-11-20)24-15-22(28)21-14-19(9-12-23(21)31-24)27-25(29)13-16-3-7-18(26)8-4-16/h3-12,14-15H,2,13H2,1H3,(H,27,29). The molecule has 4 rings (SSSR count). The van der Waals surface area contributed by atoms with Crippen LogP contribution in [0.1, 0.15) is 12.5 Å². The largest absolute Gasteiger partial charge is 0.494 e. The molecule has 4 aromatic rings. The number of halogens is 1. The fraction of sp³-hybridized carbons (Fsp3) is 0.120. The van der Waals surface area contributed by atoms with Gasteiger partial charge in [0.25, 0.3) is 0 Å². The Balaban J connectivity index is 1.54.